The van der Waals surface area contributed by atoms with E-state index in [1.54, 1.807) is 31.4 Å². The van der Waals surface area contributed by atoms with E-state index < -0.39 is 5.82 Å². The van der Waals surface area contributed by atoms with Gasteiger partial charge in [-0.1, -0.05) is 17.7 Å². The molecule has 0 amide bonds. The van der Waals surface area contributed by atoms with Gasteiger partial charge in [0, 0.05) is 0 Å². The van der Waals surface area contributed by atoms with E-state index in [9.17, 15) is 4.39 Å². The number of methoxy groups -OCH3 is 2. The molecule has 2 aromatic carbocycles. The summed E-state index contributed by atoms with van der Waals surface area (Å²) >= 11 is 6.07. The predicted molar refractivity (Wildman–Crippen MR) is 74.4 cm³/mol. The summed E-state index contributed by atoms with van der Waals surface area (Å²) in [6.45, 7) is 3.90. The van der Waals surface area contributed by atoms with Crippen LogP contribution >= 0.6 is 11.6 Å². The first kappa shape index (κ1) is 13.7. The van der Waals surface area contributed by atoms with Gasteiger partial charge in [-0.05, 0) is 47.9 Å². The largest absolute Gasteiger partial charge is 0.495 e. The van der Waals surface area contributed by atoms with Crippen molar-refractivity contribution in [1.82, 2.24) is 0 Å². The quantitative estimate of drug-likeness (QED) is 0.832. The average molecular weight is 280 g/mol. The standard InChI is InChI=1S/C15H13ClFO2/c1-9-6-15(19-3)13(17)8-11(9)10-4-5-14(18-2)12(16)7-10/h4-8H,1H2,2-3H3. The fraction of sp³-hybridized carbons (Fsp3) is 0.133. The minimum Gasteiger partial charge on any atom is -0.495 e. The highest BCUT2D eigenvalue weighted by Gasteiger charge is 2.11. The second kappa shape index (κ2) is 5.49. The number of hydrogen-bond donors (Lipinski definition) is 0. The van der Waals surface area contributed by atoms with Crippen LogP contribution in [0.5, 0.6) is 11.5 Å². The lowest BCUT2D eigenvalue weighted by molar-refractivity contribution is 0.386. The molecule has 1 radical (unpaired) electrons. The van der Waals surface area contributed by atoms with Gasteiger partial charge in [-0.2, -0.15) is 0 Å². The van der Waals surface area contributed by atoms with Crippen LogP contribution in [0.15, 0.2) is 30.3 Å². The molecule has 0 fully saturated rings. The van der Waals surface area contributed by atoms with Crippen molar-refractivity contribution >= 4 is 11.6 Å². The van der Waals surface area contributed by atoms with E-state index in [2.05, 4.69) is 6.92 Å². The van der Waals surface area contributed by atoms with Crippen LogP contribution in [0.25, 0.3) is 11.1 Å². The maximum Gasteiger partial charge on any atom is 0.165 e. The first-order valence-corrected chi connectivity index (χ1v) is 5.98. The molecule has 0 saturated carbocycles. The van der Waals surface area contributed by atoms with Crippen molar-refractivity contribution in [2.24, 2.45) is 0 Å². The summed E-state index contributed by atoms with van der Waals surface area (Å²) in [4.78, 5) is 0. The fourth-order valence-electron chi connectivity index (χ4n) is 1.85. The molecule has 0 saturated heterocycles. The summed E-state index contributed by atoms with van der Waals surface area (Å²) in [7, 11) is 2.96. The van der Waals surface area contributed by atoms with E-state index in [4.69, 9.17) is 21.1 Å². The van der Waals surface area contributed by atoms with E-state index in [0.29, 0.717) is 21.9 Å². The van der Waals surface area contributed by atoms with Crippen LogP contribution in [-0.4, -0.2) is 14.2 Å². The zero-order valence-electron chi connectivity index (χ0n) is 10.7. The van der Waals surface area contributed by atoms with Gasteiger partial charge in [0.2, 0.25) is 0 Å². The van der Waals surface area contributed by atoms with Crippen molar-refractivity contribution in [3.05, 3.63) is 53.7 Å². The molecular formula is C15H13ClFO2. The van der Waals surface area contributed by atoms with Gasteiger partial charge in [0.05, 0.1) is 19.2 Å². The smallest absolute Gasteiger partial charge is 0.165 e. The van der Waals surface area contributed by atoms with Gasteiger partial charge in [0.1, 0.15) is 5.75 Å². The van der Waals surface area contributed by atoms with Crippen LogP contribution < -0.4 is 9.47 Å². The van der Waals surface area contributed by atoms with E-state index in [1.807, 2.05) is 0 Å². The lowest BCUT2D eigenvalue weighted by Gasteiger charge is -2.11. The van der Waals surface area contributed by atoms with Gasteiger partial charge in [-0.15, -0.1) is 0 Å². The molecule has 0 spiro atoms. The van der Waals surface area contributed by atoms with Gasteiger partial charge in [-0.25, -0.2) is 4.39 Å². The Morgan fingerprint density at radius 3 is 2.32 bits per heavy atom. The molecule has 99 valence electrons. The van der Waals surface area contributed by atoms with Crippen LogP contribution in [0.3, 0.4) is 0 Å². The number of hydrogen-bond acceptors (Lipinski definition) is 2. The Hall–Kier alpha value is -1.74. The number of rotatable bonds is 3. The van der Waals surface area contributed by atoms with Crippen molar-refractivity contribution in [3.63, 3.8) is 0 Å². The minimum atomic E-state index is -0.433. The van der Waals surface area contributed by atoms with E-state index >= 15 is 0 Å². The summed E-state index contributed by atoms with van der Waals surface area (Å²) in [6.07, 6.45) is 0. The highest BCUT2D eigenvalue weighted by molar-refractivity contribution is 6.32. The summed E-state index contributed by atoms with van der Waals surface area (Å²) in [5, 5.41) is 0.468. The first-order valence-electron chi connectivity index (χ1n) is 5.60. The molecule has 2 nitrogen and oxygen atoms in total. The molecule has 0 atom stereocenters. The van der Waals surface area contributed by atoms with Gasteiger partial charge in [-0.3, -0.25) is 0 Å². The summed E-state index contributed by atoms with van der Waals surface area (Å²) < 4.78 is 23.8. The molecule has 2 rings (SSSR count). The normalized spacial score (nSPS) is 10.4. The Kier molecular flexibility index (Phi) is 3.96. The second-order valence-electron chi connectivity index (χ2n) is 3.99. The summed E-state index contributed by atoms with van der Waals surface area (Å²) in [5.41, 5.74) is 2.11. The van der Waals surface area contributed by atoms with Gasteiger partial charge < -0.3 is 9.47 Å². The van der Waals surface area contributed by atoms with E-state index in [1.165, 1.54) is 13.2 Å². The molecule has 0 bridgehead atoms. The molecule has 2 aromatic rings. The monoisotopic (exact) mass is 279 g/mol. The van der Waals surface area contributed by atoms with E-state index in [0.717, 1.165) is 5.56 Å². The zero-order chi connectivity index (χ0) is 14.0. The Bertz CT molecular complexity index is 611. The highest BCUT2D eigenvalue weighted by Crippen LogP contribution is 2.34. The molecule has 0 aliphatic heterocycles. The molecule has 0 aromatic heterocycles. The SMILES string of the molecule is [CH2]c1cc(OC)c(F)cc1-c1ccc(OC)c(Cl)c1. The third kappa shape index (κ3) is 2.66. The first-order chi connectivity index (χ1) is 9.06. The molecule has 0 aliphatic carbocycles. The average Bonchev–Trinajstić information content (AvgIpc) is 2.40. The molecule has 0 aliphatic rings. The van der Waals surface area contributed by atoms with Crippen molar-refractivity contribution in [1.29, 1.82) is 0 Å². The maximum absolute atomic E-state index is 13.8. The van der Waals surface area contributed by atoms with Crippen molar-refractivity contribution in [2.75, 3.05) is 14.2 Å². The highest BCUT2D eigenvalue weighted by atomic mass is 35.5. The summed E-state index contributed by atoms with van der Waals surface area (Å²) in [6, 6.07) is 8.21. The molecule has 4 heteroatoms. The Balaban J connectivity index is 2.53. The lowest BCUT2D eigenvalue weighted by atomic mass is 10.00. The molecular weight excluding hydrogens is 267 g/mol. The molecule has 0 heterocycles. The lowest BCUT2D eigenvalue weighted by Crippen LogP contribution is -1.92. The Labute approximate surface area is 116 Å². The van der Waals surface area contributed by atoms with E-state index in [-0.39, 0.29) is 5.75 Å². The predicted octanol–water partition coefficient (Wildman–Crippen LogP) is 4.35. The van der Waals surface area contributed by atoms with Crippen LogP contribution in [0.2, 0.25) is 5.02 Å². The number of ether oxygens (including phenoxy) is 2. The fourth-order valence-corrected chi connectivity index (χ4v) is 2.11. The number of benzene rings is 2. The zero-order valence-corrected chi connectivity index (χ0v) is 11.4. The van der Waals surface area contributed by atoms with Crippen LogP contribution in [0.4, 0.5) is 4.39 Å². The molecule has 19 heavy (non-hydrogen) atoms. The number of halogens is 2. The van der Waals surface area contributed by atoms with Crippen LogP contribution in [-0.2, 0) is 0 Å². The third-order valence-electron chi connectivity index (χ3n) is 2.84. The molecule has 0 unspecified atom stereocenters. The van der Waals surface area contributed by atoms with Crippen LogP contribution in [0.1, 0.15) is 5.56 Å². The van der Waals surface area contributed by atoms with Crippen molar-refractivity contribution in [2.45, 2.75) is 0 Å². The molecule has 0 N–H and O–H groups in total. The van der Waals surface area contributed by atoms with Gasteiger partial charge >= 0.3 is 0 Å². The second-order valence-corrected chi connectivity index (χ2v) is 4.40. The van der Waals surface area contributed by atoms with Crippen molar-refractivity contribution in [3.8, 4) is 22.6 Å². The Morgan fingerprint density at radius 1 is 1.05 bits per heavy atom. The minimum absolute atomic E-state index is 0.174. The third-order valence-corrected chi connectivity index (χ3v) is 3.14. The van der Waals surface area contributed by atoms with Crippen molar-refractivity contribution < 1.29 is 13.9 Å². The van der Waals surface area contributed by atoms with Crippen LogP contribution in [0, 0.1) is 12.7 Å². The summed E-state index contributed by atoms with van der Waals surface area (Å²) in [5.74, 6) is 0.315. The van der Waals surface area contributed by atoms with Gasteiger partial charge in [0.25, 0.3) is 0 Å². The topological polar surface area (TPSA) is 18.5 Å². The maximum atomic E-state index is 13.8. The van der Waals surface area contributed by atoms with Gasteiger partial charge in [0.15, 0.2) is 11.6 Å². The Morgan fingerprint density at radius 2 is 1.74 bits per heavy atom.